The third-order valence-corrected chi connectivity index (χ3v) is 4.51. The van der Waals surface area contributed by atoms with E-state index in [-0.39, 0.29) is 42.2 Å². The number of carbonyl (C=O) groups is 1. The van der Waals surface area contributed by atoms with Crippen LogP contribution in [0.2, 0.25) is 5.02 Å². The highest BCUT2D eigenvalue weighted by Crippen LogP contribution is 2.32. The number of likely N-dealkylation sites (tertiary alicyclic amines) is 1. The van der Waals surface area contributed by atoms with Crippen LogP contribution in [0.4, 0.5) is 0 Å². The van der Waals surface area contributed by atoms with Gasteiger partial charge in [0.05, 0.1) is 0 Å². The van der Waals surface area contributed by atoms with E-state index in [2.05, 4.69) is 6.92 Å². The lowest BCUT2D eigenvalue weighted by atomic mass is 9.90. The van der Waals surface area contributed by atoms with Crippen molar-refractivity contribution >= 4 is 42.3 Å². The van der Waals surface area contributed by atoms with Gasteiger partial charge in [-0.05, 0) is 50.2 Å². The van der Waals surface area contributed by atoms with E-state index in [1.54, 1.807) is 0 Å². The molecular weight excluding hydrogens is 357 g/mol. The highest BCUT2D eigenvalue weighted by molar-refractivity contribution is 6.30. The monoisotopic (exact) mass is 381 g/mol. The van der Waals surface area contributed by atoms with Crippen molar-refractivity contribution in [3.8, 4) is 0 Å². The van der Waals surface area contributed by atoms with Crippen molar-refractivity contribution < 1.29 is 4.79 Å². The molecule has 4 nitrogen and oxygen atoms in total. The Hall–Kier alpha value is -0.520. The number of hydrogen-bond donors (Lipinski definition) is 1. The quantitative estimate of drug-likeness (QED) is 0.871. The first-order valence-corrected chi connectivity index (χ1v) is 7.65. The van der Waals surface area contributed by atoms with Crippen LogP contribution in [0.25, 0.3) is 0 Å². The van der Waals surface area contributed by atoms with Crippen molar-refractivity contribution in [2.24, 2.45) is 11.1 Å². The van der Waals surface area contributed by atoms with Crippen LogP contribution in [-0.4, -0.2) is 49.4 Å². The third-order valence-electron chi connectivity index (χ3n) is 4.28. The standard InChI is InChI=1S/C16H24ClN3O.2ClH/c1-16(10-18)7-8-20(11-16)15(21)14(19(2)3)12-5-4-6-13(17)9-12;;/h4-6,9,14H,7-8,10-11,18H2,1-3H3;2*1H. The summed E-state index contributed by atoms with van der Waals surface area (Å²) in [5, 5.41) is 0.653. The highest BCUT2D eigenvalue weighted by Gasteiger charge is 2.38. The lowest BCUT2D eigenvalue weighted by Gasteiger charge is -2.30. The van der Waals surface area contributed by atoms with Crippen LogP contribution in [0.15, 0.2) is 24.3 Å². The van der Waals surface area contributed by atoms with Crippen LogP contribution in [0.5, 0.6) is 0 Å². The molecule has 1 amide bonds. The van der Waals surface area contributed by atoms with Crippen LogP contribution in [0.3, 0.4) is 0 Å². The van der Waals surface area contributed by atoms with Gasteiger partial charge in [-0.3, -0.25) is 9.69 Å². The van der Waals surface area contributed by atoms with Crippen molar-refractivity contribution in [1.29, 1.82) is 0 Å². The van der Waals surface area contributed by atoms with Gasteiger partial charge in [-0.25, -0.2) is 0 Å². The Morgan fingerprint density at radius 2 is 2.09 bits per heavy atom. The van der Waals surface area contributed by atoms with Crippen LogP contribution in [0, 0.1) is 5.41 Å². The summed E-state index contributed by atoms with van der Waals surface area (Å²) < 4.78 is 0. The van der Waals surface area contributed by atoms with E-state index in [9.17, 15) is 4.79 Å². The fourth-order valence-corrected chi connectivity index (χ4v) is 3.09. The summed E-state index contributed by atoms with van der Waals surface area (Å²) in [6, 6.07) is 7.22. The molecule has 2 atom stereocenters. The largest absolute Gasteiger partial charge is 0.340 e. The van der Waals surface area contributed by atoms with Crippen molar-refractivity contribution in [2.45, 2.75) is 19.4 Å². The molecule has 7 heteroatoms. The van der Waals surface area contributed by atoms with Gasteiger partial charge in [-0.2, -0.15) is 0 Å². The maximum Gasteiger partial charge on any atom is 0.244 e. The van der Waals surface area contributed by atoms with E-state index in [1.165, 1.54) is 0 Å². The van der Waals surface area contributed by atoms with Crippen LogP contribution in [0.1, 0.15) is 24.9 Å². The molecule has 0 spiro atoms. The van der Waals surface area contributed by atoms with Gasteiger partial charge < -0.3 is 10.6 Å². The van der Waals surface area contributed by atoms with Gasteiger partial charge in [0.1, 0.15) is 6.04 Å². The van der Waals surface area contributed by atoms with Crippen molar-refractivity contribution in [1.82, 2.24) is 9.80 Å². The average Bonchev–Trinajstić information content (AvgIpc) is 2.82. The van der Waals surface area contributed by atoms with E-state index in [4.69, 9.17) is 17.3 Å². The molecule has 1 aromatic carbocycles. The number of carbonyl (C=O) groups excluding carboxylic acids is 1. The predicted octanol–water partition coefficient (Wildman–Crippen LogP) is 2.98. The topological polar surface area (TPSA) is 49.6 Å². The molecule has 23 heavy (non-hydrogen) atoms. The van der Waals surface area contributed by atoms with Gasteiger partial charge in [0.25, 0.3) is 0 Å². The molecule has 1 saturated heterocycles. The smallest absolute Gasteiger partial charge is 0.244 e. The molecule has 0 saturated carbocycles. The zero-order valence-corrected chi connectivity index (χ0v) is 16.2. The molecule has 1 heterocycles. The SMILES string of the molecule is CN(C)C(C(=O)N1CCC(C)(CN)C1)c1cccc(Cl)c1.Cl.Cl. The summed E-state index contributed by atoms with van der Waals surface area (Å²) in [6.07, 6.45) is 0.963. The van der Waals surface area contributed by atoms with E-state index in [0.717, 1.165) is 25.1 Å². The number of benzene rings is 1. The molecule has 2 rings (SSSR count). The molecule has 1 aliphatic rings. The lowest BCUT2D eigenvalue weighted by Crippen LogP contribution is -2.41. The zero-order chi connectivity index (χ0) is 15.6. The average molecular weight is 383 g/mol. The van der Waals surface area contributed by atoms with Crippen LogP contribution in [-0.2, 0) is 4.79 Å². The molecule has 0 aliphatic carbocycles. The predicted molar refractivity (Wildman–Crippen MR) is 101 cm³/mol. The molecule has 1 aromatic rings. The Labute approximate surface area is 156 Å². The Morgan fingerprint density at radius 3 is 2.57 bits per heavy atom. The molecule has 1 fully saturated rings. The second-order valence-corrected chi connectivity index (χ2v) is 6.88. The minimum Gasteiger partial charge on any atom is -0.340 e. The maximum absolute atomic E-state index is 12.9. The Balaban J connectivity index is 0.00000242. The Bertz CT molecular complexity index is 527. The number of likely N-dealkylation sites (N-methyl/N-ethyl adjacent to an activating group) is 1. The fraction of sp³-hybridized carbons (Fsp3) is 0.562. The van der Waals surface area contributed by atoms with Crippen molar-refractivity contribution in [3.05, 3.63) is 34.9 Å². The first-order valence-electron chi connectivity index (χ1n) is 7.27. The second-order valence-electron chi connectivity index (χ2n) is 6.45. The van der Waals surface area contributed by atoms with Gasteiger partial charge in [-0.15, -0.1) is 24.8 Å². The number of hydrogen-bond acceptors (Lipinski definition) is 3. The minimum absolute atomic E-state index is 0. The van der Waals surface area contributed by atoms with Crippen LogP contribution >= 0.6 is 36.4 Å². The number of amides is 1. The molecular formula is C16H26Cl3N3O. The van der Waals surface area contributed by atoms with E-state index in [0.29, 0.717) is 11.6 Å². The summed E-state index contributed by atoms with van der Waals surface area (Å²) in [7, 11) is 3.84. The Kier molecular flexibility index (Phi) is 8.89. The van der Waals surface area contributed by atoms with Gasteiger partial charge >= 0.3 is 0 Å². The summed E-state index contributed by atoms with van der Waals surface area (Å²) >= 11 is 6.07. The summed E-state index contributed by atoms with van der Waals surface area (Å²) in [4.78, 5) is 16.8. The minimum atomic E-state index is -0.302. The highest BCUT2D eigenvalue weighted by atomic mass is 35.5. The first-order chi connectivity index (χ1) is 9.86. The molecule has 0 radical (unpaired) electrons. The van der Waals surface area contributed by atoms with E-state index >= 15 is 0 Å². The van der Waals surface area contributed by atoms with Crippen molar-refractivity contribution in [3.63, 3.8) is 0 Å². The molecule has 2 N–H and O–H groups in total. The molecule has 2 unspecified atom stereocenters. The number of halogens is 3. The second kappa shape index (κ2) is 9.09. The third kappa shape index (κ3) is 5.23. The normalized spacial score (nSPS) is 21.6. The van der Waals surface area contributed by atoms with Gasteiger partial charge in [-0.1, -0.05) is 30.7 Å². The summed E-state index contributed by atoms with van der Waals surface area (Å²) in [5.41, 5.74) is 6.80. The number of nitrogens with two attached hydrogens (primary N) is 1. The summed E-state index contributed by atoms with van der Waals surface area (Å²) in [6.45, 7) is 4.26. The zero-order valence-electron chi connectivity index (χ0n) is 13.8. The molecule has 132 valence electrons. The molecule has 1 aliphatic heterocycles. The van der Waals surface area contributed by atoms with Gasteiger partial charge in [0.2, 0.25) is 5.91 Å². The van der Waals surface area contributed by atoms with E-state index < -0.39 is 0 Å². The van der Waals surface area contributed by atoms with Crippen LogP contribution < -0.4 is 5.73 Å². The maximum atomic E-state index is 12.9. The van der Waals surface area contributed by atoms with Gasteiger partial charge in [0, 0.05) is 18.1 Å². The number of nitrogens with zero attached hydrogens (tertiary/aromatic N) is 2. The fourth-order valence-electron chi connectivity index (χ4n) is 2.89. The van der Waals surface area contributed by atoms with Gasteiger partial charge in [0.15, 0.2) is 0 Å². The lowest BCUT2D eigenvalue weighted by molar-refractivity contribution is -0.135. The molecule has 0 bridgehead atoms. The summed E-state index contributed by atoms with van der Waals surface area (Å²) in [5.74, 6) is 0.124. The first kappa shape index (κ1) is 22.5. The Morgan fingerprint density at radius 1 is 1.43 bits per heavy atom. The number of rotatable bonds is 4. The molecule has 0 aromatic heterocycles. The van der Waals surface area contributed by atoms with E-state index in [1.807, 2.05) is 48.2 Å². The van der Waals surface area contributed by atoms with Crippen molar-refractivity contribution in [2.75, 3.05) is 33.7 Å².